The molecule has 98 valence electrons. The zero-order valence-electron chi connectivity index (χ0n) is 10.8. The first-order valence-corrected chi connectivity index (χ1v) is 8.12. The van der Waals surface area contributed by atoms with Crippen LogP contribution in [-0.2, 0) is 16.7 Å². The molecule has 1 heterocycles. The van der Waals surface area contributed by atoms with E-state index in [0.717, 1.165) is 16.9 Å². The van der Waals surface area contributed by atoms with E-state index < -0.39 is 10.8 Å². The maximum Gasteiger partial charge on any atom is 0.125 e. The summed E-state index contributed by atoms with van der Waals surface area (Å²) in [6.07, 6.45) is 1.72. The molecule has 2 atom stereocenters. The number of aromatic nitrogens is 2. The van der Waals surface area contributed by atoms with E-state index >= 15 is 0 Å². The molecule has 0 aliphatic heterocycles. The number of aryl methyl sites for hydroxylation is 1. The second-order valence-corrected chi connectivity index (χ2v) is 6.36. The van der Waals surface area contributed by atoms with Crippen molar-refractivity contribution in [1.29, 1.82) is 0 Å². The van der Waals surface area contributed by atoms with Crippen LogP contribution in [0.4, 0.5) is 0 Å². The Morgan fingerprint density at radius 3 is 2.83 bits per heavy atom. The third kappa shape index (κ3) is 2.59. The van der Waals surface area contributed by atoms with Crippen molar-refractivity contribution in [2.75, 3.05) is 12.0 Å². The number of nitrogens with zero attached hydrogens (tertiary/aromatic N) is 2. The van der Waals surface area contributed by atoms with Gasteiger partial charge < -0.3 is 4.57 Å². The van der Waals surface area contributed by atoms with E-state index in [2.05, 4.69) is 29.5 Å². The van der Waals surface area contributed by atoms with Crippen LogP contribution in [-0.4, -0.2) is 25.8 Å². The summed E-state index contributed by atoms with van der Waals surface area (Å²) in [7, 11) is -0.830. The molecule has 0 spiro atoms. The Bertz CT molecular complexity index is 594. The van der Waals surface area contributed by atoms with Gasteiger partial charge in [0.25, 0.3) is 0 Å². The standard InChI is InChI=1S/C13H17ClN2OS/c1-9-4-5-11-12(6-9)16(13(7-14)15-11)10(2)8-18(3)17/h4-6,10H,7-8H2,1-3H3. The fourth-order valence-corrected chi connectivity index (χ4v) is 3.27. The molecule has 2 aromatic rings. The van der Waals surface area contributed by atoms with Crippen LogP contribution in [0, 0.1) is 6.92 Å². The largest absolute Gasteiger partial charge is 0.323 e. The highest BCUT2D eigenvalue weighted by Crippen LogP contribution is 2.23. The van der Waals surface area contributed by atoms with E-state index in [0.29, 0.717) is 11.6 Å². The Morgan fingerprint density at radius 1 is 1.50 bits per heavy atom. The normalized spacial score (nSPS) is 14.9. The molecule has 0 saturated heterocycles. The molecule has 2 unspecified atom stereocenters. The Labute approximate surface area is 115 Å². The third-order valence-electron chi connectivity index (χ3n) is 2.95. The van der Waals surface area contributed by atoms with Gasteiger partial charge in [-0.05, 0) is 31.5 Å². The van der Waals surface area contributed by atoms with E-state index in [-0.39, 0.29) is 6.04 Å². The highest BCUT2D eigenvalue weighted by atomic mass is 35.5. The van der Waals surface area contributed by atoms with Crippen molar-refractivity contribution < 1.29 is 4.21 Å². The van der Waals surface area contributed by atoms with Crippen LogP contribution in [0.3, 0.4) is 0 Å². The molecule has 3 nitrogen and oxygen atoms in total. The summed E-state index contributed by atoms with van der Waals surface area (Å²) in [5, 5.41) is 0. The summed E-state index contributed by atoms with van der Waals surface area (Å²) in [6, 6.07) is 6.29. The Morgan fingerprint density at radius 2 is 2.22 bits per heavy atom. The van der Waals surface area contributed by atoms with Gasteiger partial charge in [0.2, 0.25) is 0 Å². The number of rotatable bonds is 4. The monoisotopic (exact) mass is 284 g/mol. The van der Waals surface area contributed by atoms with E-state index in [4.69, 9.17) is 11.6 Å². The molecular formula is C13H17ClN2OS. The summed E-state index contributed by atoms with van der Waals surface area (Å²) < 4.78 is 13.5. The first kappa shape index (κ1) is 13.6. The fourth-order valence-electron chi connectivity index (χ4n) is 2.25. The lowest BCUT2D eigenvalue weighted by Gasteiger charge is -2.15. The van der Waals surface area contributed by atoms with Crippen molar-refractivity contribution in [3.05, 3.63) is 29.6 Å². The summed E-state index contributed by atoms with van der Waals surface area (Å²) in [6.45, 7) is 4.11. The van der Waals surface area contributed by atoms with E-state index in [1.165, 1.54) is 5.56 Å². The number of imidazole rings is 1. The first-order chi connectivity index (χ1) is 8.52. The molecule has 2 rings (SSSR count). The lowest BCUT2D eigenvalue weighted by molar-refractivity contribution is 0.594. The topological polar surface area (TPSA) is 34.9 Å². The predicted molar refractivity (Wildman–Crippen MR) is 77.7 cm³/mol. The van der Waals surface area contributed by atoms with Crippen LogP contribution < -0.4 is 0 Å². The summed E-state index contributed by atoms with van der Waals surface area (Å²) in [4.78, 5) is 4.53. The molecule has 0 fully saturated rings. The van der Waals surface area contributed by atoms with Crippen molar-refractivity contribution in [3.63, 3.8) is 0 Å². The fraction of sp³-hybridized carbons (Fsp3) is 0.462. The molecular weight excluding hydrogens is 268 g/mol. The maximum atomic E-state index is 11.4. The van der Waals surface area contributed by atoms with Gasteiger partial charge >= 0.3 is 0 Å². The Kier molecular flexibility index (Phi) is 4.07. The van der Waals surface area contributed by atoms with Gasteiger partial charge in [-0.25, -0.2) is 4.98 Å². The third-order valence-corrected chi connectivity index (χ3v) is 4.15. The highest BCUT2D eigenvalue weighted by Gasteiger charge is 2.16. The summed E-state index contributed by atoms with van der Waals surface area (Å²) >= 11 is 5.96. The molecule has 1 aromatic carbocycles. The van der Waals surface area contributed by atoms with Crippen LogP contribution in [0.5, 0.6) is 0 Å². The second kappa shape index (κ2) is 5.41. The maximum absolute atomic E-state index is 11.4. The molecule has 1 aromatic heterocycles. The molecule has 0 bridgehead atoms. The summed E-state index contributed by atoms with van der Waals surface area (Å²) in [5.74, 6) is 1.83. The minimum Gasteiger partial charge on any atom is -0.323 e. The van der Waals surface area contributed by atoms with E-state index in [1.54, 1.807) is 6.26 Å². The zero-order chi connectivity index (χ0) is 13.3. The van der Waals surface area contributed by atoms with Crippen molar-refractivity contribution in [3.8, 4) is 0 Å². The van der Waals surface area contributed by atoms with Crippen molar-refractivity contribution in [1.82, 2.24) is 9.55 Å². The number of fused-ring (bicyclic) bond motifs is 1. The average molecular weight is 285 g/mol. The van der Waals surface area contributed by atoms with Gasteiger partial charge in [0.15, 0.2) is 0 Å². The van der Waals surface area contributed by atoms with Crippen LogP contribution in [0.1, 0.15) is 24.4 Å². The van der Waals surface area contributed by atoms with Crippen LogP contribution >= 0.6 is 11.6 Å². The first-order valence-electron chi connectivity index (χ1n) is 5.86. The molecule has 0 amide bonds. The lowest BCUT2D eigenvalue weighted by Crippen LogP contribution is -2.15. The second-order valence-electron chi connectivity index (χ2n) is 4.61. The van der Waals surface area contributed by atoms with Crippen LogP contribution in [0.25, 0.3) is 11.0 Å². The molecule has 0 aliphatic carbocycles. The average Bonchev–Trinajstić information content (AvgIpc) is 2.65. The Hall–Kier alpha value is -0.870. The Balaban J connectivity index is 2.58. The molecule has 0 radical (unpaired) electrons. The van der Waals surface area contributed by atoms with E-state index in [1.807, 2.05) is 12.1 Å². The van der Waals surface area contributed by atoms with Gasteiger partial charge in [-0.15, -0.1) is 11.6 Å². The molecule has 18 heavy (non-hydrogen) atoms. The number of alkyl halides is 1. The number of hydrogen-bond acceptors (Lipinski definition) is 2. The molecule has 5 heteroatoms. The van der Waals surface area contributed by atoms with Crippen LogP contribution in [0.2, 0.25) is 0 Å². The van der Waals surface area contributed by atoms with Gasteiger partial charge in [0.05, 0.1) is 16.9 Å². The number of benzene rings is 1. The molecule has 0 aliphatic rings. The van der Waals surface area contributed by atoms with Crippen molar-refractivity contribution in [2.24, 2.45) is 0 Å². The van der Waals surface area contributed by atoms with Crippen LogP contribution in [0.15, 0.2) is 18.2 Å². The molecule has 0 saturated carbocycles. The van der Waals surface area contributed by atoms with Gasteiger partial charge in [-0.1, -0.05) is 6.07 Å². The highest BCUT2D eigenvalue weighted by molar-refractivity contribution is 7.84. The van der Waals surface area contributed by atoms with Gasteiger partial charge in [0.1, 0.15) is 5.82 Å². The van der Waals surface area contributed by atoms with Gasteiger partial charge in [0, 0.05) is 28.9 Å². The van der Waals surface area contributed by atoms with Gasteiger partial charge in [-0.2, -0.15) is 0 Å². The SMILES string of the molecule is Cc1ccc2nc(CCl)n(C(C)CS(C)=O)c2c1. The minimum atomic E-state index is -0.830. The minimum absolute atomic E-state index is 0.136. The van der Waals surface area contributed by atoms with Crippen molar-refractivity contribution in [2.45, 2.75) is 25.8 Å². The number of halogens is 1. The quantitative estimate of drug-likeness (QED) is 0.809. The van der Waals surface area contributed by atoms with Crippen molar-refractivity contribution >= 4 is 33.4 Å². The lowest BCUT2D eigenvalue weighted by atomic mass is 10.2. The smallest absolute Gasteiger partial charge is 0.125 e. The van der Waals surface area contributed by atoms with E-state index in [9.17, 15) is 4.21 Å². The van der Waals surface area contributed by atoms with Gasteiger partial charge in [-0.3, -0.25) is 4.21 Å². The molecule has 0 N–H and O–H groups in total. The number of hydrogen-bond donors (Lipinski definition) is 0. The predicted octanol–water partition coefficient (Wildman–Crippen LogP) is 3.02. The zero-order valence-corrected chi connectivity index (χ0v) is 12.4. The summed E-state index contributed by atoms with van der Waals surface area (Å²) in [5.41, 5.74) is 3.21.